The lowest BCUT2D eigenvalue weighted by molar-refractivity contribution is -0.695. The van der Waals surface area contributed by atoms with E-state index in [0.717, 1.165) is 152 Å². The van der Waals surface area contributed by atoms with Gasteiger partial charge in [-0.15, -0.1) is 0 Å². The van der Waals surface area contributed by atoms with E-state index in [1.807, 2.05) is 24.3 Å². The number of pyridine rings is 2. The van der Waals surface area contributed by atoms with Crippen molar-refractivity contribution in [2.75, 3.05) is 53.5 Å². The fourth-order valence-corrected chi connectivity index (χ4v) is 11.7. The molecule has 48 heteroatoms. The third-order valence-corrected chi connectivity index (χ3v) is 17.7. The minimum Gasteiger partial charge on any atom is -0.542 e. The first-order chi connectivity index (χ1) is 54.5. The number of quaternary nitrogens is 2. The molecule has 650 valence electrons. The van der Waals surface area contributed by atoms with Gasteiger partial charge < -0.3 is 111 Å². The van der Waals surface area contributed by atoms with Crippen molar-refractivity contribution in [3.63, 3.8) is 0 Å². The van der Waals surface area contributed by atoms with Crippen molar-refractivity contribution in [2.24, 2.45) is 11.8 Å². The molecule has 2 aliphatic heterocycles. The van der Waals surface area contributed by atoms with Gasteiger partial charge in [0.2, 0.25) is 11.8 Å². The van der Waals surface area contributed by atoms with Gasteiger partial charge in [-0.2, -0.15) is 79.0 Å². The SMILES string of the molecule is COc1ccc2[nH]c3c(CNC(=O)CCC([NH3+])C(=O)O)cc4cc[n+](CCN5CCC(C6CCN(CC[n+]7ccc8cc(CNC(=O)CCC([NH3+])C(=O)O)c9[nH]c%10ccc(OC)cc%10c9c8c7)CC6)CC5)cc4c3c2c1.O=C([O-])C(F)(F)F.O=C([O-])C(F)(F)F.O=C([O-])C(F)(F)F.O=C([O-])C(F)(F)F.O=C([O-])C(F)(F)F.O=C([O-])C(F)(F)F. The van der Waals surface area contributed by atoms with E-state index in [-0.39, 0.29) is 37.5 Å². The number of methoxy groups -OCH3 is 2. The van der Waals surface area contributed by atoms with E-state index in [1.54, 1.807) is 14.2 Å². The number of amides is 2. The Bertz CT molecular complexity index is 4450. The highest BCUT2D eigenvalue weighted by atomic mass is 19.4. The van der Waals surface area contributed by atoms with Gasteiger partial charge in [-0.1, -0.05) is 0 Å². The number of carboxylic acid groups (broad SMARTS) is 8. The molecule has 2 aliphatic rings. The number of carboxylic acids is 8. The number of alkyl halides is 18. The second-order valence-electron chi connectivity index (χ2n) is 25.8. The maximum atomic E-state index is 12.8. The van der Waals surface area contributed by atoms with Crippen LogP contribution >= 0.6 is 0 Å². The number of hydrogen-bond donors (Lipinski definition) is 8. The normalized spacial score (nSPS) is 14.3. The highest BCUT2D eigenvalue weighted by Gasteiger charge is 2.35. The topological polar surface area (TPSA) is 493 Å². The fraction of sp³-hybridized carbons (Fsp3) is 0.429. The Morgan fingerprint density at radius 2 is 0.729 bits per heavy atom. The Kier molecular flexibility index (Phi) is 35.4. The Morgan fingerprint density at radius 1 is 0.458 bits per heavy atom. The van der Waals surface area contributed by atoms with Crippen LogP contribution in [0.5, 0.6) is 11.5 Å². The molecule has 0 saturated carbocycles. The number of halogens is 18. The van der Waals surface area contributed by atoms with Gasteiger partial charge in [0, 0.05) is 83.5 Å². The molecule has 2 fully saturated rings. The Morgan fingerprint density at radius 3 is 0.975 bits per heavy atom. The highest BCUT2D eigenvalue weighted by Crippen LogP contribution is 2.39. The van der Waals surface area contributed by atoms with Gasteiger partial charge in [0.15, 0.2) is 50.0 Å². The second-order valence-corrected chi connectivity index (χ2v) is 25.8. The number of ether oxygens (including phenoxy) is 2. The number of benzene rings is 4. The first kappa shape index (κ1) is 98.5. The number of H-pyrrole nitrogens is 2. The lowest BCUT2D eigenvalue weighted by Crippen LogP contribution is -2.65. The largest absolute Gasteiger partial charge is 0.542 e. The molecule has 0 spiro atoms. The molecule has 12 N–H and O–H groups in total. The summed E-state index contributed by atoms with van der Waals surface area (Å²) in [5.41, 5.74) is 13.1. The third kappa shape index (κ3) is 30.7. The van der Waals surface area contributed by atoms with Crippen molar-refractivity contribution < 1.29 is 198 Å². The zero-order valence-corrected chi connectivity index (χ0v) is 61.4. The van der Waals surface area contributed by atoms with Crippen molar-refractivity contribution in [1.82, 2.24) is 30.4 Å². The maximum Gasteiger partial charge on any atom is 0.430 e. The predicted molar refractivity (Wildman–Crippen MR) is 356 cm³/mol. The van der Waals surface area contributed by atoms with Gasteiger partial charge in [0.25, 0.3) is 0 Å². The van der Waals surface area contributed by atoms with E-state index in [0.29, 0.717) is 13.1 Å². The summed E-state index contributed by atoms with van der Waals surface area (Å²) in [4.78, 5) is 113. The molecular formula is C70H72F18N10O20-2. The summed E-state index contributed by atoms with van der Waals surface area (Å²) in [7, 11) is 3.35. The molecule has 0 bridgehead atoms. The van der Waals surface area contributed by atoms with E-state index in [4.69, 9.17) is 68.9 Å². The van der Waals surface area contributed by atoms with E-state index in [2.05, 4.69) is 112 Å². The average Bonchev–Trinajstić information content (AvgIpc) is 1.58. The number of nitrogens with zero attached hydrogens (tertiary/aromatic N) is 4. The zero-order chi connectivity index (χ0) is 89.5. The molecule has 4 aromatic carbocycles. The van der Waals surface area contributed by atoms with E-state index < -0.39 is 96.9 Å². The molecule has 2 atom stereocenters. The molecule has 0 aliphatic carbocycles. The molecule has 6 heterocycles. The van der Waals surface area contributed by atoms with Gasteiger partial charge >= 0.3 is 49.0 Å². The molecule has 118 heavy (non-hydrogen) atoms. The number of rotatable bonds is 21. The van der Waals surface area contributed by atoms with Gasteiger partial charge in [0.05, 0.1) is 49.1 Å². The van der Waals surface area contributed by atoms with Gasteiger partial charge in [0.1, 0.15) is 47.3 Å². The number of nitrogens with one attached hydrogen (secondary N) is 4. The summed E-state index contributed by atoms with van der Waals surface area (Å²) in [6, 6.07) is 19.0. The summed E-state index contributed by atoms with van der Waals surface area (Å²) in [5.74, 6) is -17.4. The van der Waals surface area contributed by atoms with Crippen LogP contribution in [0, 0.1) is 11.8 Å². The number of piperidine rings is 2. The molecule has 8 aromatic rings. The van der Waals surface area contributed by atoms with Crippen molar-refractivity contribution in [2.45, 2.75) is 127 Å². The number of fused-ring (bicyclic) bond motifs is 10. The van der Waals surface area contributed by atoms with Crippen molar-refractivity contribution in [3.05, 3.63) is 96.6 Å². The molecule has 4 aromatic heterocycles. The molecule has 0 radical (unpaired) electrons. The number of likely N-dealkylation sites (tertiary alicyclic amines) is 2. The minimum absolute atomic E-state index is 0.0957. The maximum absolute atomic E-state index is 12.8. The van der Waals surface area contributed by atoms with Crippen LogP contribution in [0.3, 0.4) is 0 Å². The standard InChI is InChI=1S/C58H68N10O8.6C2HF3O2/c1-75-41-3-7-49-43(29-41)53-45-33-67(21-15-37(45)27-39(55(53)63-49)31-61-51(69)9-5-47(59)57(71)72)25-23-65-17-11-35(12-18-65)36-13-19-66(20-14-36)24-26-68-22-16-38-28-40(32-62-52(70)10-6-48(60)58(73)74)56-54(46(38)34-68)44-30-42(76-2)4-8-50(44)64-56;6*3-2(4,5)1(6)7/h3-4,7-8,15-16,21-22,27-30,33-36,47-48H,5-6,9-14,17-20,23-26,31-32,59-60H2,1-2H3,(H4,61,62,69,70,71,72,73,74);6*(H,6,7)/p-2. The first-order valence-corrected chi connectivity index (χ1v) is 34.2. The van der Waals surface area contributed by atoms with Gasteiger partial charge in [-0.05, 0) is 134 Å². The summed E-state index contributed by atoms with van der Waals surface area (Å²) < 4.78 is 205. The van der Waals surface area contributed by atoms with Crippen LogP contribution in [0.2, 0.25) is 0 Å². The number of hydrogen-bond acceptors (Lipinski definition) is 20. The zero-order valence-electron chi connectivity index (χ0n) is 61.4. The molecule has 10 rings (SSSR count). The van der Waals surface area contributed by atoms with Crippen LogP contribution in [0.4, 0.5) is 79.0 Å². The molecule has 2 amide bonds. The predicted octanol–water partition coefficient (Wildman–Crippen LogP) is -0.0470. The van der Waals surface area contributed by atoms with Crippen LogP contribution in [0.15, 0.2) is 85.5 Å². The number of aliphatic carboxylic acids is 8. The van der Waals surface area contributed by atoms with Gasteiger partial charge in [-0.25, -0.2) is 18.7 Å². The molecule has 2 unspecified atom stereocenters. The lowest BCUT2D eigenvalue weighted by atomic mass is 9.79. The van der Waals surface area contributed by atoms with Crippen molar-refractivity contribution >= 4 is 125 Å². The smallest absolute Gasteiger partial charge is 0.430 e. The number of aromatic amines is 2. The Labute approximate surface area is 651 Å². The Hall–Kier alpha value is -11.8. The van der Waals surface area contributed by atoms with E-state index >= 15 is 0 Å². The first-order valence-electron chi connectivity index (χ1n) is 34.2. The van der Waals surface area contributed by atoms with E-state index in [9.17, 15) is 108 Å². The highest BCUT2D eigenvalue weighted by molar-refractivity contribution is 6.22. The average molecular weight is 1720 g/mol. The summed E-state index contributed by atoms with van der Waals surface area (Å²) in [6.45, 7) is 8.79. The van der Waals surface area contributed by atoms with E-state index in [1.165, 1.54) is 25.7 Å². The molecular weight excluding hydrogens is 1640 g/mol. The fourth-order valence-electron chi connectivity index (χ4n) is 11.7. The number of aromatic nitrogens is 4. The monoisotopic (exact) mass is 1710 g/mol. The summed E-state index contributed by atoms with van der Waals surface area (Å²) in [6.07, 6.45) is -16.9. The van der Waals surface area contributed by atoms with Crippen molar-refractivity contribution in [1.29, 1.82) is 0 Å². The van der Waals surface area contributed by atoms with Crippen LogP contribution in [0.25, 0.3) is 65.2 Å². The second kappa shape index (κ2) is 42.4. The molecule has 2 saturated heterocycles. The van der Waals surface area contributed by atoms with Crippen LogP contribution < -0.4 is 71.3 Å². The molecule has 30 nitrogen and oxygen atoms in total. The van der Waals surface area contributed by atoms with Crippen LogP contribution in [-0.4, -0.2) is 192 Å². The number of carbonyl (C=O) groups excluding carboxylic acids is 8. The lowest BCUT2D eigenvalue weighted by Gasteiger charge is -2.39. The van der Waals surface area contributed by atoms with Crippen LogP contribution in [0.1, 0.15) is 62.5 Å². The number of carbonyl (C=O) groups is 10. The Balaban J connectivity index is 0.000000568. The minimum atomic E-state index is -5.19. The van der Waals surface area contributed by atoms with Crippen molar-refractivity contribution in [3.8, 4) is 11.5 Å². The summed E-state index contributed by atoms with van der Waals surface area (Å²) >= 11 is 0. The summed E-state index contributed by atoms with van der Waals surface area (Å²) in [5, 5.41) is 85.8. The van der Waals surface area contributed by atoms with Crippen LogP contribution in [-0.2, 0) is 74.1 Å². The third-order valence-electron chi connectivity index (χ3n) is 17.7. The van der Waals surface area contributed by atoms with Gasteiger partial charge in [-0.3, -0.25) is 19.4 Å². The quantitative estimate of drug-likeness (QED) is 0.0345.